The molecule has 0 N–H and O–H groups in total. The van der Waals surface area contributed by atoms with E-state index in [2.05, 4.69) is 23.1 Å². The summed E-state index contributed by atoms with van der Waals surface area (Å²) in [7, 11) is -3.13. The van der Waals surface area contributed by atoms with E-state index < -0.39 is 15.8 Å². The first-order valence-corrected chi connectivity index (χ1v) is 5.54. The third kappa shape index (κ3) is 6.75. The second-order valence-corrected chi connectivity index (χ2v) is 4.25. The molecule has 1 aromatic rings. The fourth-order valence-corrected chi connectivity index (χ4v) is 0.656. The Morgan fingerprint density at radius 3 is 2.13 bits per heavy atom. The van der Waals surface area contributed by atoms with Crippen molar-refractivity contribution in [3.8, 4) is 0 Å². The zero-order chi connectivity index (χ0) is 11.9. The molecule has 7 heteroatoms. The zero-order valence-corrected chi connectivity index (χ0v) is 9.17. The van der Waals surface area contributed by atoms with Gasteiger partial charge < -0.3 is 0 Å². The van der Waals surface area contributed by atoms with Crippen molar-refractivity contribution in [2.75, 3.05) is 0 Å². The predicted molar refractivity (Wildman–Crippen MR) is 56.3 cm³/mol. The average Bonchev–Trinajstić information content (AvgIpc) is 2.18. The quantitative estimate of drug-likeness (QED) is 0.595. The molecule has 82 valence electrons. The van der Waals surface area contributed by atoms with Gasteiger partial charge in [0.25, 0.3) is 0 Å². The highest BCUT2D eigenvalue weighted by Crippen LogP contribution is 1.97. The van der Waals surface area contributed by atoms with Gasteiger partial charge in [-0.25, -0.2) is 13.4 Å². The molecular formula is C8H8ClFN2O2S. The lowest BCUT2D eigenvalue weighted by Crippen LogP contribution is -1.83. The van der Waals surface area contributed by atoms with E-state index in [4.69, 9.17) is 11.6 Å². The standard InChI is InChI=1S/C4H2ClFN2.C4H6O2S/c5-4-7-2-1-3(6)8-4;1-3-7(5,6)4-2/h1-2H;3-4H,1-2H2. The lowest BCUT2D eigenvalue weighted by atomic mass is 10.7. The summed E-state index contributed by atoms with van der Waals surface area (Å²) in [6, 6.07) is 1.13. The highest BCUT2D eigenvalue weighted by atomic mass is 35.5. The minimum atomic E-state index is -3.13. The summed E-state index contributed by atoms with van der Waals surface area (Å²) < 4.78 is 32.2. The topological polar surface area (TPSA) is 59.9 Å². The third-order valence-electron chi connectivity index (χ3n) is 1.06. The average molecular weight is 251 g/mol. The number of sulfone groups is 1. The Balaban J connectivity index is 0.000000265. The summed E-state index contributed by atoms with van der Waals surface area (Å²) in [5.74, 6) is -0.606. The highest BCUT2D eigenvalue weighted by Gasteiger charge is 1.90. The van der Waals surface area contributed by atoms with Gasteiger partial charge in [0, 0.05) is 23.1 Å². The van der Waals surface area contributed by atoms with Gasteiger partial charge in [-0.3, -0.25) is 0 Å². The van der Waals surface area contributed by atoms with Crippen molar-refractivity contribution in [2.45, 2.75) is 0 Å². The van der Waals surface area contributed by atoms with Gasteiger partial charge in [-0.05, 0) is 11.6 Å². The minimum absolute atomic E-state index is 0.0648. The summed E-state index contributed by atoms with van der Waals surface area (Å²) in [5.41, 5.74) is 0. The van der Waals surface area contributed by atoms with Gasteiger partial charge in [-0.2, -0.15) is 9.37 Å². The van der Waals surface area contributed by atoms with Crippen molar-refractivity contribution in [2.24, 2.45) is 0 Å². The Kier molecular flexibility index (Phi) is 5.73. The van der Waals surface area contributed by atoms with E-state index in [-0.39, 0.29) is 5.28 Å². The smallest absolute Gasteiger partial charge is 0.224 e. The first-order chi connectivity index (χ1) is 6.91. The maximum atomic E-state index is 11.9. The molecule has 0 aliphatic rings. The predicted octanol–water partition coefficient (Wildman–Crippen LogP) is 1.96. The largest absolute Gasteiger partial charge is 0.226 e. The number of rotatable bonds is 2. The van der Waals surface area contributed by atoms with Crippen LogP contribution in [0.5, 0.6) is 0 Å². The van der Waals surface area contributed by atoms with Gasteiger partial charge in [0.15, 0.2) is 9.84 Å². The van der Waals surface area contributed by atoms with E-state index in [0.29, 0.717) is 0 Å². The Morgan fingerprint density at radius 1 is 1.40 bits per heavy atom. The molecule has 0 aromatic carbocycles. The van der Waals surface area contributed by atoms with Crippen LogP contribution in [0.15, 0.2) is 36.2 Å². The summed E-state index contributed by atoms with van der Waals surface area (Å²) in [6.07, 6.45) is 1.25. The minimum Gasteiger partial charge on any atom is -0.226 e. The number of aromatic nitrogens is 2. The molecule has 0 spiro atoms. The Hall–Kier alpha value is -1.27. The van der Waals surface area contributed by atoms with E-state index in [0.717, 1.165) is 16.9 Å². The molecule has 1 aromatic heterocycles. The van der Waals surface area contributed by atoms with Gasteiger partial charge in [-0.1, -0.05) is 13.2 Å². The summed E-state index contributed by atoms with van der Waals surface area (Å²) in [6.45, 7) is 6.09. The van der Waals surface area contributed by atoms with E-state index in [1.165, 1.54) is 6.20 Å². The fraction of sp³-hybridized carbons (Fsp3) is 0. The Labute approximate surface area is 92.1 Å². The van der Waals surface area contributed by atoms with Gasteiger partial charge in [0.1, 0.15) is 0 Å². The Bertz CT molecular complexity index is 416. The monoisotopic (exact) mass is 250 g/mol. The van der Waals surface area contributed by atoms with Crippen molar-refractivity contribution in [1.82, 2.24) is 9.97 Å². The molecule has 0 fully saturated rings. The van der Waals surface area contributed by atoms with Crippen molar-refractivity contribution < 1.29 is 12.8 Å². The molecule has 0 aliphatic heterocycles. The second-order valence-electron chi connectivity index (χ2n) is 2.07. The van der Waals surface area contributed by atoms with Crippen LogP contribution in [0.2, 0.25) is 5.28 Å². The summed E-state index contributed by atoms with van der Waals surface area (Å²) >= 11 is 5.18. The first kappa shape index (κ1) is 13.7. The van der Waals surface area contributed by atoms with Crippen LogP contribution in [0.3, 0.4) is 0 Å². The first-order valence-electron chi connectivity index (χ1n) is 3.55. The maximum Gasteiger partial charge on any atom is 0.224 e. The maximum absolute atomic E-state index is 11.9. The number of hydrogen-bond acceptors (Lipinski definition) is 4. The molecule has 0 saturated heterocycles. The molecule has 1 rings (SSSR count). The van der Waals surface area contributed by atoms with E-state index in [9.17, 15) is 12.8 Å². The summed E-state index contributed by atoms with van der Waals surface area (Å²) in [5, 5.41) is 1.63. The second kappa shape index (κ2) is 6.26. The fourth-order valence-electron chi connectivity index (χ4n) is 0.383. The normalized spacial score (nSPS) is 9.73. The van der Waals surface area contributed by atoms with Crippen molar-refractivity contribution in [1.29, 1.82) is 0 Å². The Morgan fingerprint density at radius 2 is 1.93 bits per heavy atom. The third-order valence-corrected chi connectivity index (χ3v) is 2.17. The van der Waals surface area contributed by atoms with Crippen molar-refractivity contribution >= 4 is 21.4 Å². The van der Waals surface area contributed by atoms with Crippen LogP contribution in [-0.2, 0) is 9.84 Å². The van der Waals surface area contributed by atoms with Gasteiger partial charge in [0.05, 0.1) is 0 Å². The van der Waals surface area contributed by atoms with Gasteiger partial charge in [-0.15, -0.1) is 0 Å². The highest BCUT2D eigenvalue weighted by molar-refractivity contribution is 7.97. The summed E-state index contributed by atoms with van der Waals surface area (Å²) in [4.78, 5) is 6.62. The molecule has 4 nitrogen and oxygen atoms in total. The molecule has 0 atom stereocenters. The van der Waals surface area contributed by atoms with E-state index in [1.54, 1.807) is 0 Å². The van der Waals surface area contributed by atoms with Crippen LogP contribution in [0.4, 0.5) is 4.39 Å². The van der Waals surface area contributed by atoms with Crippen LogP contribution < -0.4 is 0 Å². The number of halogens is 2. The molecule has 0 aliphatic carbocycles. The SMILES string of the molecule is C=CS(=O)(=O)C=C.Fc1ccnc(Cl)n1. The van der Waals surface area contributed by atoms with E-state index in [1.807, 2.05) is 0 Å². The molecule has 0 saturated carbocycles. The van der Waals surface area contributed by atoms with Crippen molar-refractivity contribution in [3.05, 3.63) is 47.5 Å². The van der Waals surface area contributed by atoms with Gasteiger partial charge >= 0.3 is 0 Å². The van der Waals surface area contributed by atoms with Gasteiger partial charge in [0.2, 0.25) is 11.2 Å². The molecule has 0 radical (unpaired) electrons. The lowest BCUT2D eigenvalue weighted by Gasteiger charge is -1.83. The molecule has 0 amide bonds. The molecule has 1 heterocycles. The van der Waals surface area contributed by atoms with Crippen LogP contribution in [-0.4, -0.2) is 18.4 Å². The van der Waals surface area contributed by atoms with Crippen LogP contribution >= 0.6 is 11.6 Å². The molecule has 0 unspecified atom stereocenters. The number of nitrogens with zero attached hydrogens (tertiary/aromatic N) is 2. The lowest BCUT2D eigenvalue weighted by molar-refractivity contribution is 0.579. The number of hydrogen-bond donors (Lipinski definition) is 0. The zero-order valence-electron chi connectivity index (χ0n) is 7.60. The molecular weight excluding hydrogens is 243 g/mol. The molecule has 0 bridgehead atoms. The van der Waals surface area contributed by atoms with Crippen LogP contribution in [0.25, 0.3) is 0 Å². The van der Waals surface area contributed by atoms with Crippen molar-refractivity contribution in [3.63, 3.8) is 0 Å². The van der Waals surface area contributed by atoms with Crippen LogP contribution in [0.1, 0.15) is 0 Å². The molecule has 15 heavy (non-hydrogen) atoms. The van der Waals surface area contributed by atoms with Crippen LogP contribution in [0, 0.1) is 5.95 Å². The van der Waals surface area contributed by atoms with E-state index >= 15 is 0 Å².